The Hall–Kier alpha value is -3.45. The van der Waals surface area contributed by atoms with E-state index in [0.29, 0.717) is 12.2 Å². The van der Waals surface area contributed by atoms with Gasteiger partial charge in [0.25, 0.3) is 5.91 Å². The van der Waals surface area contributed by atoms with Gasteiger partial charge in [0.2, 0.25) is 0 Å². The van der Waals surface area contributed by atoms with Crippen LogP contribution in [0.5, 0.6) is 0 Å². The maximum Gasteiger partial charge on any atom is 0.268 e. The third-order valence-corrected chi connectivity index (χ3v) is 5.34. The number of aromatic amines is 1. The fourth-order valence-corrected chi connectivity index (χ4v) is 3.94. The minimum Gasteiger partial charge on any atom is -0.350 e. The predicted molar refractivity (Wildman–Crippen MR) is 106 cm³/mol. The molecule has 5 rings (SSSR count). The second-order valence-corrected chi connectivity index (χ2v) is 7.10. The highest BCUT2D eigenvalue weighted by Gasteiger charge is 2.13. The van der Waals surface area contributed by atoms with Gasteiger partial charge in [0.15, 0.2) is 0 Å². The van der Waals surface area contributed by atoms with Gasteiger partial charge in [0.05, 0.1) is 21.3 Å². The molecule has 5 aromatic rings. The van der Waals surface area contributed by atoms with Gasteiger partial charge in [0, 0.05) is 18.3 Å². The lowest BCUT2D eigenvalue weighted by Gasteiger charge is -2.11. The minimum atomic E-state index is -0.135. The van der Waals surface area contributed by atoms with E-state index in [1.165, 1.54) is 0 Å². The normalized spacial score (nSPS) is 11.3. The van der Waals surface area contributed by atoms with Crippen molar-refractivity contribution in [1.82, 2.24) is 24.8 Å². The Morgan fingerprint density at radius 2 is 2.07 bits per heavy atom. The molecule has 0 radical (unpaired) electrons. The molecule has 0 spiro atoms. The molecule has 7 heteroatoms. The predicted octanol–water partition coefficient (Wildman–Crippen LogP) is 3.89. The molecule has 6 nitrogen and oxygen atoms in total. The van der Waals surface area contributed by atoms with Crippen molar-refractivity contribution in [3.8, 4) is 5.82 Å². The number of hydrogen-bond donors (Lipinski definition) is 2. The molecule has 2 N–H and O–H groups in total. The van der Waals surface area contributed by atoms with Crippen LogP contribution in [0.1, 0.15) is 16.1 Å². The summed E-state index contributed by atoms with van der Waals surface area (Å²) in [5.41, 5.74) is 4.35. The Morgan fingerprint density at radius 1 is 1.15 bits per heavy atom. The molecule has 0 aliphatic carbocycles. The highest BCUT2D eigenvalue weighted by Crippen LogP contribution is 2.22. The number of pyridine rings is 1. The van der Waals surface area contributed by atoms with Crippen molar-refractivity contribution < 1.29 is 4.79 Å². The van der Waals surface area contributed by atoms with E-state index in [1.54, 1.807) is 23.9 Å². The summed E-state index contributed by atoms with van der Waals surface area (Å²) in [7, 11) is 0. The number of benzene rings is 1. The average molecular weight is 373 g/mol. The number of hydrogen-bond acceptors (Lipinski definition) is 4. The van der Waals surface area contributed by atoms with Crippen LogP contribution in [0, 0.1) is 0 Å². The standard InChI is InChI=1S/C20H15N5OS/c26-20(16-10-18-15(24-16)7-9-27-18)22-11-13-4-3-8-21-19(13)25-12-23-14-5-1-2-6-17(14)25/h1-10,12,24H,11H2,(H,22,26). The molecule has 0 unspecified atom stereocenters. The maximum absolute atomic E-state index is 12.5. The molecule has 4 aromatic heterocycles. The summed E-state index contributed by atoms with van der Waals surface area (Å²) >= 11 is 1.61. The summed E-state index contributed by atoms with van der Waals surface area (Å²) < 4.78 is 3.02. The molecule has 0 aliphatic heterocycles. The van der Waals surface area contributed by atoms with E-state index in [4.69, 9.17) is 0 Å². The van der Waals surface area contributed by atoms with Crippen molar-refractivity contribution in [2.24, 2.45) is 0 Å². The zero-order valence-corrected chi connectivity index (χ0v) is 15.0. The summed E-state index contributed by atoms with van der Waals surface area (Å²) in [5.74, 6) is 0.627. The molecule has 27 heavy (non-hydrogen) atoms. The molecule has 0 aliphatic rings. The monoisotopic (exact) mass is 373 g/mol. The van der Waals surface area contributed by atoms with Gasteiger partial charge in [-0.05, 0) is 35.7 Å². The lowest BCUT2D eigenvalue weighted by atomic mass is 10.2. The zero-order chi connectivity index (χ0) is 18.2. The number of imidazole rings is 1. The van der Waals surface area contributed by atoms with Crippen molar-refractivity contribution >= 4 is 38.5 Å². The first-order valence-electron chi connectivity index (χ1n) is 8.50. The van der Waals surface area contributed by atoms with Crippen molar-refractivity contribution in [3.05, 3.63) is 77.7 Å². The maximum atomic E-state index is 12.5. The summed E-state index contributed by atoms with van der Waals surface area (Å²) in [6.45, 7) is 0.376. The highest BCUT2D eigenvalue weighted by molar-refractivity contribution is 7.17. The molecule has 0 saturated carbocycles. The van der Waals surface area contributed by atoms with E-state index < -0.39 is 0 Å². The van der Waals surface area contributed by atoms with Gasteiger partial charge >= 0.3 is 0 Å². The first kappa shape index (κ1) is 15.8. The van der Waals surface area contributed by atoms with Gasteiger partial charge in [-0.3, -0.25) is 9.36 Å². The second-order valence-electron chi connectivity index (χ2n) is 6.15. The van der Waals surface area contributed by atoms with Gasteiger partial charge < -0.3 is 10.3 Å². The summed E-state index contributed by atoms with van der Waals surface area (Å²) in [4.78, 5) is 24.6. The molecule has 0 bridgehead atoms. The summed E-state index contributed by atoms with van der Waals surface area (Å²) in [6, 6.07) is 15.6. The minimum absolute atomic E-state index is 0.135. The van der Waals surface area contributed by atoms with E-state index >= 15 is 0 Å². The molecular weight excluding hydrogens is 358 g/mol. The summed E-state index contributed by atoms with van der Waals surface area (Å²) in [6.07, 6.45) is 3.51. The van der Waals surface area contributed by atoms with Gasteiger partial charge in [-0.15, -0.1) is 11.3 Å². The first-order chi connectivity index (χ1) is 13.3. The van der Waals surface area contributed by atoms with Gasteiger partial charge in [0.1, 0.15) is 17.8 Å². The fraction of sp³-hybridized carbons (Fsp3) is 0.0500. The third-order valence-electron chi connectivity index (χ3n) is 4.47. The number of aromatic nitrogens is 4. The van der Waals surface area contributed by atoms with E-state index in [2.05, 4.69) is 20.3 Å². The second kappa shape index (κ2) is 6.37. The van der Waals surface area contributed by atoms with Crippen molar-refractivity contribution in [2.75, 3.05) is 0 Å². The zero-order valence-electron chi connectivity index (χ0n) is 14.2. The van der Waals surface area contributed by atoms with Crippen LogP contribution >= 0.6 is 11.3 Å². The smallest absolute Gasteiger partial charge is 0.268 e. The van der Waals surface area contributed by atoms with Crippen LogP contribution in [0.25, 0.3) is 27.1 Å². The topological polar surface area (TPSA) is 75.6 Å². The molecule has 0 saturated heterocycles. The Kier molecular flexibility index (Phi) is 3.72. The SMILES string of the molecule is O=C(NCc1cccnc1-n1cnc2ccccc21)c1cc2sccc2[nH]1. The van der Waals surface area contributed by atoms with Gasteiger partial charge in [-0.2, -0.15) is 0 Å². The Labute approximate surface area is 158 Å². The van der Waals surface area contributed by atoms with Crippen LogP contribution < -0.4 is 5.32 Å². The molecule has 0 fully saturated rings. The number of amides is 1. The summed E-state index contributed by atoms with van der Waals surface area (Å²) in [5, 5.41) is 4.98. The first-order valence-corrected chi connectivity index (χ1v) is 9.38. The van der Waals surface area contributed by atoms with Crippen LogP contribution in [0.2, 0.25) is 0 Å². The molecule has 4 heterocycles. The largest absolute Gasteiger partial charge is 0.350 e. The Morgan fingerprint density at radius 3 is 3.00 bits per heavy atom. The molecular formula is C20H15N5OS. The molecule has 0 atom stereocenters. The molecule has 1 amide bonds. The van der Waals surface area contributed by atoms with Crippen LogP contribution in [-0.4, -0.2) is 25.4 Å². The Bertz CT molecular complexity index is 1240. The number of thiophene rings is 1. The molecule has 1 aromatic carbocycles. The number of carbonyl (C=O) groups excluding carboxylic acids is 1. The van der Waals surface area contributed by atoms with E-state index in [0.717, 1.165) is 32.6 Å². The number of nitrogens with one attached hydrogen (secondary N) is 2. The quantitative estimate of drug-likeness (QED) is 0.502. The van der Waals surface area contributed by atoms with E-state index in [1.807, 2.05) is 58.5 Å². The third kappa shape index (κ3) is 2.78. The van der Waals surface area contributed by atoms with Crippen molar-refractivity contribution in [3.63, 3.8) is 0 Å². The highest BCUT2D eigenvalue weighted by atomic mass is 32.1. The van der Waals surface area contributed by atoms with Crippen LogP contribution in [0.3, 0.4) is 0 Å². The molecule has 132 valence electrons. The van der Waals surface area contributed by atoms with Gasteiger partial charge in [-0.25, -0.2) is 9.97 Å². The van der Waals surface area contributed by atoms with Crippen LogP contribution in [0.4, 0.5) is 0 Å². The van der Waals surface area contributed by atoms with Crippen molar-refractivity contribution in [2.45, 2.75) is 6.54 Å². The average Bonchev–Trinajstić information content (AvgIpc) is 3.40. The van der Waals surface area contributed by atoms with E-state index in [9.17, 15) is 4.79 Å². The van der Waals surface area contributed by atoms with Crippen LogP contribution in [0.15, 0.2) is 66.4 Å². The van der Waals surface area contributed by atoms with E-state index in [-0.39, 0.29) is 5.91 Å². The van der Waals surface area contributed by atoms with Crippen molar-refractivity contribution in [1.29, 1.82) is 0 Å². The number of fused-ring (bicyclic) bond motifs is 2. The lowest BCUT2D eigenvalue weighted by molar-refractivity contribution is 0.0947. The lowest BCUT2D eigenvalue weighted by Crippen LogP contribution is -2.24. The van der Waals surface area contributed by atoms with Crippen LogP contribution in [-0.2, 0) is 6.54 Å². The number of nitrogens with zero attached hydrogens (tertiary/aromatic N) is 3. The number of carbonyl (C=O) groups is 1. The number of H-pyrrole nitrogens is 1. The fourth-order valence-electron chi connectivity index (χ4n) is 3.15. The number of para-hydroxylation sites is 2. The Balaban J connectivity index is 1.43. The number of rotatable bonds is 4. The van der Waals surface area contributed by atoms with Gasteiger partial charge in [-0.1, -0.05) is 18.2 Å².